The normalized spacial score (nSPS) is 11.0. The number of nitrogens with one attached hydrogen (secondary N) is 2. The van der Waals surface area contributed by atoms with Crippen LogP contribution in [0.15, 0.2) is 23.3 Å². The summed E-state index contributed by atoms with van der Waals surface area (Å²) in [5, 5.41) is 7.14. The van der Waals surface area contributed by atoms with E-state index in [1.54, 1.807) is 26.0 Å². The molecule has 0 fully saturated rings. The highest BCUT2D eigenvalue weighted by Gasteiger charge is 2.10. The molecule has 0 aliphatic carbocycles. The van der Waals surface area contributed by atoms with Gasteiger partial charge in [-0.25, -0.2) is 5.43 Å². The van der Waals surface area contributed by atoms with E-state index in [4.69, 9.17) is 27.9 Å². The summed E-state index contributed by atoms with van der Waals surface area (Å²) in [5.41, 5.74) is 3.11. The minimum atomic E-state index is -0.444. The molecule has 0 heterocycles. The topological polar surface area (TPSA) is 96.9 Å². The number of anilines is 1. The Balaban J connectivity index is 2.38. The molecule has 7 nitrogen and oxygen atoms in total. The number of halogens is 2. The van der Waals surface area contributed by atoms with Gasteiger partial charge in [0.15, 0.2) is 0 Å². The zero-order valence-corrected chi connectivity index (χ0v) is 15.4. The molecular weight excluding hydrogens is 369 g/mol. The van der Waals surface area contributed by atoms with E-state index in [0.717, 1.165) is 0 Å². The lowest BCUT2D eigenvalue weighted by Gasteiger charge is -2.07. The molecule has 1 aromatic carbocycles. The third-order valence-corrected chi connectivity index (χ3v) is 3.41. The van der Waals surface area contributed by atoms with Crippen molar-refractivity contribution in [2.24, 2.45) is 5.10 Å². The van der Waals surface area contributed by atoms with Crippen molar-refractivity contribution in [3.05, 3.63) is 28.2 Å². The Labute approximate surface area is 155 Å². The zero-order chi connectivity index (χ0) is 18.8. The van der Waals surface area contributed by atoms with E-state index in [9.17, 15) is 14.4 Å². The highest BCUT2D eigenvalue weighted by molar-refractivity contribution is 6.36. The number of nitrogens with zero attached hydrogens (tertiary/aromatic N) is 1. The molecule has 1 aromatic rings. The van der Waals surface area contributed by atoms with Gasteiger partial charge < -0.3 is 10.1 Å². The average Bonchev–Trinajstić information content (AvgIpc) is 2.54. The van der Waals surface area contributed by atoms with Gasteiger partial charge in [0.25, 0.3) is 0 Å². The van der Waals surface area contributed by atoms with Crippen LogP contribution in [-0.4, -0.2) is 30.1 Å². The zero-order valence-electron chi connectivity index (χ0n) is 13.9. The summed E-state index contributed by atoms with van der Waals surface area (Å²) in [4.78, 5) is 34.7. The quantitative estimate of drug-likeness (QED) is 0.406. The van der Waals surface area contributed by atoms with Crippen molar-refractivity contribution in [1.29, 1.82) is 0 Å². The second-order valence-corrected chi connectivity index (χ2v) is 5.88. The fourth-order valence-electron chi connectivity index (χ4n) is 1.70. The minimum Gasteiger partial charge on any atom is -0.466 e. The van der Waals surface area contributed by atoms with Crippen molar-refractivity contribution in [2.45, 2.75) is 33.1 Å². The van der Waals surface area contributed by atoms with Crippen LogP contribution in [0.2, 0.25) is 10.0 Å². The third kappa shape index (κ3) is 8.51. The fraction of sp³-hybridized carbons (Fsp3) is 0.375. The van der Waals surface area contributed by atoms with E-state index < -0.39 is 11.9 Å². The average molecular weight is 388 g/mol. The van der Waals surface area contributed by atoms with Crippen LogP contribution in [0.5, 0.6) is 0 Å². The number of rotatable bonds is 8. The molecule has 0 aliphatic heterocycles. The van der Waals surface area contributed by atoms with Gasteiger partial charge in [-0.1, -0.05) is 23.2 Å². The van der Waals surface area contributed by atoms with Gasteiger partial charge in [-0.15, -0.1) is 0 Å². The first-order valence-electron chi connectivity index (χ1n) is 7.54. The SMILES string of the molecule is CCOC(=O)C/C(C)=N\NC(=O)CCC(=O)Nc1ccc(Cl)cc1Cl. The van der Waals surface area contributed by atoms with E-state index in [1.807, 2.05) is 0 Å². The first-order valence-corrected chi connectivity index (χ1v) is 8.30. The molecular formula is C16H19Cl2N3O4. The van der Waals surface area contributed by atoms with Crippen molar-refractivity contribution in [3.8, 4) is 0 Å². The third-order valence-electron chi connectivity index (χ3n) is 2.86. The van der Waals surface area contributed by atoms with E-state index in [0.29, 0.717) is 21.4 Å². The number of carbonyl (C=O) groups is 3. The molecule has 0 aromatic heterocycles. The van der Waals surface area contributed by atoms with Crippen LogP contribution in [0.4, 0.5) is 5.69 Å². The van der Waals surface area contributed by atoms with E-state index in [-0.39, 0.29) is 31.8 Å². The first kappa shape index (κ1) is 20.9. The molecule has 2 N–H and O–H groups in total. The van der Waals surface area contributed by atoms with Gasteiger partial charge in [0.05, 0.1) is 23.7 Å². The maximum Gasteiger partial charge on any atom is 0.311 e. The number of hydrazone groups is 1. The lowest BCUT2D eigenvalue weighted by molar-refractivity contribution is -0.141. The summed E-state index contributed by atoms with van der Waals surface area (Å²) >= 11 is 11.7. The molecule has 0 atom stereocenters. The van der Waals surface area contributed by atoms with Crippen LogP contribution < -0.4 is 10.7 Å². The highest BCUT2D eigenvalue weighted by Crippen LogP contribution is 2.25. The molecule has 0 aliphatic rings. The first-order chi connectivity index (χ1) is 11.8. The minimum absolute atomic E-state index is 0.0102. The second kappa shape index (κ2) is 10.7. The number of carbonyl (C=O) groups excluding carboxylic acids is 3. The van der Waals surface area contributed by atoms with Crippen LogP contribution in [0.1, 0.15) is 33.1 Å². The van der Waals surface area contributed by atoms with Gasteiger partial charge in [0, 0.05) is 23.6 Å². The maximum atomic E-state index is 11.8. The van der Waals surface area contributed by atoms with Crippen LogP contribution in [0, 0.1) is 0 Å². The lowest BCUT2D eigenvalue weighted by atomic mass is 10.2. The summed E-state index contributed by atoms with van der Waals surface area (Å²) in [5.74, 6) is -1.23. The Morgan fingerprint density at radius 2 is 1.84 bits per heavy atom. The Bertz CT molecular complexity index is 677. The Morgan fingerprint density at radius 3 is 2.48 bits per heavy atom. The summed E-state index contributed by atoms with van der Waals surface area (Å²) in [7, 11) is 0. The van der Waals surface area contributed by atoms with Gasteiger partial charge in [0.2, 0.25) is 11.8 Å². The molecule has 136 valence electrons. The number of amides is 2. The van der Waals surface area contributed by atoms with E-state index in [1.165, 1.54) is 6.07 Å². The number of hydrogen-bond acceptors (Lipinski definition) is 5. The highest BCUT2D eigenvalue weighted by atomic mass is 35.5. The molecule has 0 bridgehead atoms. The Morgan fingerprint density at radius 1 is 1.16 bits per heavy atom. The van der Waals surface area contributed by atoms with Gasteiger partial charge >= 0.3 is 5.97 Å². The molecule has 0 saturated heterocycles. The molecule has 9 heteroatoms. The smallest absolute Gasteiger partial charge is 0.311 e. The summed E-state index contributed by atoms with van der Waals surface area (Å²) in [6.07, 6.45) is -0.117. The molecule has 25 heavy (non-hydrogen) atoms. The number of esters is 1. The Hall–Kier alpha value is -2.12. The van der Waals surface area contributed by atoms with Gasteiger partial charge in [-0.05, 0) is 32.0 Å². The number of hydrogen-bond donors (Lipinski definition) is 2. The molecule has 0 saturated carbocycles. The number of benzene rings is 1. The second-order valence-electron chi connectivity index (χ2n) is 5.04. The fourth-order valence-corrected chi connectivity index (χ4v) is 2.16. The number of ether oxygens (including phenoxy) is 1. The van der Waals surface area contributed by atoms with Crippen LogP contribution in [-0.2, 0) is 19.1 Å². The summed E-state index contributed by atoms with van der Waals surface area (Å²) in [6.45, 7) is 3.58. The summed E-state index contributed by atoms with van der Waals surface area (Å²) < 4.78 is 4.77. The molecule has 1 rings (SSSR count). The van der Waals surface area contributed by atoms with Crippen LogP contribution >= 0.6 is 23.2 Å². The lowest BCUT2D eigenvalue weighted by Crippen LogP contribution is -2.22. The molecule has 0 unspecified atom stereocenters. The molecule has 0 spiro atoms. The Kier molecular flexibility index (Phi) is 8.94. The largest absolute Gasteiger partial charge is 0.466 e. The van der Waals surface area contributed by atoms with Crippen molar-refractivity contribution in [1.82, 2.24) is 5.43 Å². The predicted octanol–water partition coefficient (Wildman–Crippen LogP) is 3.16. The van der Waals surface area contributed by atoms with Gasteiger partial charge in [-0.2, -0.15) is 5.10 Å². The van der Waals surface area contributed by atoms with E-state index in [2.05, 4.69) is 15.8 Å². The van der Waals surface area contributed by atoms with Crippen molar-refractivity contribution >= 4 is 52.4 Å². The standard InChI is InChI=1S/C16H19Cl2N3O4/c1-3-25-16(24)8-10(2)20-21-15(23)7-6-14(22)19-13-5-4-11(17)9-12(13)18/h4-5,9H,3,6-8H2,1-2H3,(H,19,22)(H,21,23)/b20-10-. The van der Waals surface area contributed by atoms with Crippen molar-refractivity contribution in [2.75, 3.05) is 11.9 Å². The van der Waals surface area contributed by atoms with Crippen LogP contribution in [0.3, 0.4) is 0 Å². The van der Waals surface area contributed by atoms with Crippen LogP contribution in [0.25, 0.3) is 0 Å². The molecule has 2 amide bonds. The van der Waals surface area contributed by atoms with Gasteiger partial charge in [-0.3, -0.25) is 14.4 Å². The monoisotopic (exact) mass is 387 g/mol. The summed E-state index contributed by atoms with van der Waals surface area (Å²) in [6, 6.07) is 4.68. The van der Waals surface area contributed by atoms with Crippen molar-refractivity contribution < 1.29 is 19.1 Å². The molecule has 0 radical (unpaired) electrons. The maximum absolute atomic E-state index is 11.8. The van der Waals surface area contributed by atoms with Gasteiger partial charge in [0.1, 0.15) is 0 Å². The predicted molar refractivity (Wildman–Crippen MR) is 96.8 cm³/mol. The van der Waals surface area contributed by atoms with Crippen molar-refractivity contribution in [3.63, 3.8) is 0 Å². The van der Waals surface area contributed by atoms with E-state index >= 15 is 0 Å².